The first-order chi connectivity index (χ1) is 8.51. The molecule has 0 saturated heterocycles. The maximum atomic E-state index is 11.6. The van der Waals surface area contributed by atoms with Crippen LogP contribution < -0.4 is 0 Å². The van der Waals surface area contributed by atoms with E-state index in [0.29, 0.717) is 17.9 Å². The fourth-order valence-corrected chi connectivity index (χ4v) is 1.83. The van der Waals surface area contributed by atoms with Crippen molar-refractivity contribution in [2.45, 2.75) is 33.2 Å². The molecule has 1 aromatic rings. The first kappa shape index (κ1) is 14.3. The molecule has 18 heavy (non-hydrogen) atoms. The lowest BCUT2D eigenvalue weighted by Crippen LogP contribution is -2.15. The molecule has 1 heterocycles. The van der Waals surface area contributed by atoms with E-state index in [1.165, 1.54) is 7.11 Å². The summed E-state index contributed by atoms with van der Waals surface area (Å²) < 4.78 is 6.28. The van der Waals surface area contributed by atoms with Gasteiger partial charge in [-0.2, -0.15) is 5.10 Å². The van der Waals surface area contributed by atoms with Gasteiger partial charge in [0, 0.05) is 13.7 Å². The third-order valence-electron chi connectivity index (χ3n) is 2.49. The summed E-state index contributed by atoms with van der Waals surface area (Å²) >= 11 is 0. The summed E-state index contributed by atoms with van der Waals surface area (Å²) in [5.41, 5.74) is 0.642. The van der Waals surface area contributed by atoms with E-state index in [1.807, 2.05) is 6.92 Å². The largest absolute Gasteiger partial charge is 0.377 e. The van der Waals surface area contributed by atoms with Crippen LogP contribution in [0.15, 0.2) is 0 Å². The number of nitro groups is 1. The Labute approximate surface area is 105 Å². The maximum absolute atomic E-state index is 11.6. The van der Waals surface area contributed by atoms with E-state index in [2.05, 4.69) is 5.10 Å². The molecular formula is C11H17N3O4. The van der Waals surface area contributed by atoms with Crippen LogP contribution in [0.2, 0.25) is 0 Å². The molecule has 0 unspecified atom stereocenters. The molecule has 0 aromatic carbocycles. The summed E-state index contributed by atoms with van der Waals surface area (Å²) in [4.78, 5) is 22.1. The lowest BCUT2D eigenvalue weighted by molar-refractivity contribution is -0.386. The van der Waals surface area contributed by atoms with E-state index in [0.717, 1.165) is 6.42 Å². The summed E-state index contributed by atoms with van der Waals surface area (Å²) in [7, 11) is 1.42. The minimum atomic E-state index is -0.482. The summed E-state index contributed by atoms with van der Waals surface area (Å²) in [5, 5.41) is 15.1. The van der Waals surface area contributed by atoms with Crippen molar-refractivity contribution in [1.29, 1.82) is 0 Å². The highest BCUT2D eigenvalue weighted by Crippen LogP contribution is 2.23. The van der Waals surface area contributed by atoms with Crippen LogP contribution in [0.1, 0.15) is 24.7 Å². The molecule has 0 N–H and O–H groups in total. The molecule has 7 heteroatoms. The molecular weight excluding hydrogens is 238 g/mol. The Kier molecular flexibility index (Phi) is 4.96. The Morgan fingerprint density at radius 3 is 2.72 bits per heavy atom. The number of carbonyl (C=O) groups excluding carboxylic acids is 1. The minimum Gasteiger partial charge on any atom is -0.377 e. The summed E-state index contributed by atoms with van der Waals surface area (Å²) in [5.74, 6) is -0.196. The fourth-order valence-electron chi connectivity index (χ4n) is 1.83. The van der Waals surface area contributed by atoms with Crippen molar-refractivity contribution in [3.63, 3.8) is 0 Å². The number of methoxy groups -OCH3 is 1. The molecule has 1 aromatic heterocycles. The van der Waals surface area contributed by atoms with Gasteiger partial charge in [-0.05, 0) is 13.3 Å². The number of Topliss-reactive ketones (excluding diaryl/α,β-unsaturated/α-hetero) is 1. The highest BCUT2D eigenvalue weighted by Gasteiger charge is 2.26. The van der Waals surface area contributed by atoms with Gasteiger partial charge in [-0.1, -0.05) is 6.92 Å². The van der Waals surface area contributed by atoms with Crippen LogP contribution in [-0.4, -0.2) is 34.2 Å². The molecule has 0 aliphatic heterocycles. The second-order valence-corrected chi connectivity index (χ2v) is 4.01. The van der Waals surface area contributed by atoms with Crippen molar-refractivity contribution >= 4 is 11.5 Å². The minimum absolute atomic E-state index is 0.0228. The molecule has 0 atom stereocenters. The maximum Gasteiger partial charge on any atom is 0.313 e. The summed E-state index contributed by atoms with van der Waals surface area (Å²) in [6, 6.07) is 0. The molecule has 0 bridgehead atoms. The molecule has 7 nitrogen and oxygen atoms in total. The lowest BCUT2D eigenvalue weighted by atomic mass is 10.2. The predicted octanol–water partition coefficient (Wildman–Crippen LogP) is 1.27. The predicted molar refractivity (Wildman–Crippen MR) is 64.5 cm³/mol. The number of ketones is 1. The van der Waals surface area contributed by atoms with Crippen molar-refractivity contribution in [3.8, 4) is 0 Å². The standard InChI is InChI=1S/C11H17N3O4/c1-4-5-13-10(6-9(15)7-18-3)11(14(16)17)8(2)12-13/h4-7H2,1-3H3. The van der Waals surface area contributed by atoms with E-state index >= 15 is 0 Å². The van der Waals surface area contributed by atoms with Crippen LogP contribution in [-0.2, 0) is 22.5 Å². The average Bonchev–Trinajstić information content (AvgIpc) is 2.56. The zero-order valence-corrected chi connectivity index (χ0v) is 10.8. The molecule has 1 rings (SSSR count). The van der Waals surface area contributed by atoms with Crippen LogP contribution in [0.5, 0.6) is 0 Å². The van der Waals surface area contributed by atoms with Gasteiger partial charge in [-0.15, -0.1) is 0 Å². The first-order valence-electron chi connectivity index (χ1n) is 5.72. The number of rotatable bonds is 7. The quantitative estimate of drug-likeness (QED) is 0.540. The zero-order valence-electron chi connectivity index (χ0n) is 10.8. The number of aryl methyl sites for hydroxylation is 2. The Bertz CT molecular complexity index is 453. The third-order valence-corrected chi connectivity index (χ3v) is 2.49. The Morgan fingerprint density at radius 2 is 2.22 bits per heavy atom. The van der Waals surface area contributed by atoms with Crippen LogP contribution in [0.3, 0.4) is 0 Å². The van der Waals surface area contributed by atoms with E-state index in [9.17, 15) is 14.9 Å². The number of aromatic nitrogens is 2. The SMILES string of the molecule is CCCn1nc(C)c([N+](=O)[O-])c1CC(=O)COC. The molecule has 0 aliphatic rings. The van der Waals surface area contributed by atoms with Crippen molar-refractivity contribution < 1.29 is 14.5 Å². The monoisotopic (exact) mass is 255 g/mol. The number of hydrogen-bond donors (Lipinski definition) is 0. The van der Waals surface area contributed by atoms with Gasteiger partial charge in [-0.3, -0.25) is 19.6 Å². The Hall–Kier alpha value is -1.76. The van der Waals surface area contributed by atoms with Gasteiger partial charge in [0.15, 0.2) is 5.78 Å². The van der Waals surface area contributed by atoms with Crippen LogP contribution in [0, 0.1) is 17.0 Å². The highest BCUT2D eigenvalue weighted by molar-refractivity contribution is 5.82. The second kappa shape index (κ2) is 6.25. The van der Waals surface area contributed by atoms with Gasteiger partial charge < -0.3 is 4.74 Å². The number of ether oxygens (including phenoxy) is 1. The van der Waals surface area contributed by atoms with Gasteiger partial charge in [0.1, 0.15) is 18.0 Å². The van der Waals surface area contributed by atoms with E-state index in [1.54, 1.807) is 11.6 Å². The van der Waals surface area contributed by atoms with E-state index < -0.39 is 4.92 Å². The fraction of sp³-hybridized carbons (Fsp3) is 0.636. The molecule has 0 aliphatic carbocycles. The van der Waals surface area contributed by atoms with Crippen LogP contribution in [0.25, 0.3) is 0 Å². The van der Waals surface area contributed by atoms with Crippen molar-refractivity contribution in [3.05, 3.63) is 21.5 Å². The molecule has 0 amide bonds. The Morgan fingerprint density at radius 1 is 1.56 bits per heavy atom. The van der Waals surface area contributed by atoms with Crippen molar-refractivity contribution in [2.24, 2.45) is 0 Å². The first-order valence-corrected chi connectivity index (χ1v) is 5.72. The second-order valence-electron chi connectivity index (χ2n) is 4.01. The van der Waals surface area contributed by atoms with Gasteiger partial charge in [0.25, 0.3) is 0 Å². The van der Waals surface area contributed by atoms with Crippen molar-refractivity contribution in [1.82, 2.24) is 9.78 Å². The molecule has 100 valence electrons. The lowest BCUT2D eigenvalue weighted by Gasteiger charge is -2.04. The normalized spacial score (nSPS) is 10.6. The molecule has 0 spiro atoms. The van der Waals surface area contributed by atoms with Crippen LogP contribution >= 0.6 is 0 Å². The van der Waals surface area contributed by atoms with Gasteiger partial charge in [0.2, 0.25) is 0 Å². The Balaban J connectivity index is 3.11. The van der Waals surface area contributed by atoms with Crippen molar-refractivity contribution in [2.75, 3.05) is 13.7 Å². The molecule has 0 saturated carbocycles. The van der Waals surface area contributed by atoms with E-state index in [4.69, 9.17) is 4.74 Å². The molecule has 0 radical (unpaired) electrons. The van der Waals surface area contributed by atoms with Gasteiger partial charge >= 0.3 is 5.69 Å². The number of nitrogens with zero attached hydrogens (tertiary/aromatic N) is 3. The van der Waals surface area contributed by atoms with E-state index in [-0.39, 0.29) is 24.5 Å². The third kappa shape index (κ3) is 3.13. The topological polar surface area (TPSA) is 87.3 Å². The number of hydrogen-bond acceptors (Lipinski definition) is 5. The van der Waals surface area contributed by atoms with Crippen LogP contribution in [0.4, 0.5) is 5.69 Å². The average molecular weight is 255 g/mol. The molecule has 0 fully saturated rings. The zero-order chi connectivity index (χ0) is 13.7. The summed E-state index contributed by atoms with van der Waals surface area (Å²) in [6.07, 6.45) is 0.773. The number of carbonyl (C=O) groups is 1. The van der Waals surface area contributed by atoms with Gasteiger partial charge in [-0.25, -0.2) is 0 Å². The highest BCUT2D eigenvalue weighted by atomic mass is 16.6. The smallest absolute Gasteiger partial charge is 0.313 e. The summed E-state index contributed by atoms with van der Waals surface area (Å²) in [6.45, 7) is 4.04. The van der Waals surface area contributed by atoms with Gasteiger partial charge in [0.05, 0.1) is 11.3 Å².